The van der Waals surface area contributed by atoms with Gasteiger partial charge in [0.1, 0.15) is 0 Å². The molecule has 0 aliphatic rings. The highest BCUT2D eigenvalue weighted by Gasteiger charge is 2.12. The summed E-state index contributed by atoms with van der Waals surface area (Å²) in [5, 5.41) is 6.36. The Morgan fingerprint density at radius 1 is 0.893 bits per heavy atom. The maximum atomic E-state index is 11.9. The fraction of sp³-hybridized carbons (Fsp3) is 0.211. The van der Waals surface area contributed by atoms with Gasteiger partial charge in [-0.25, -0.2) is 0 Å². The van der Waals surface area contributed by atoms with Crippen molar-refractivity contribution in [2.45, 2.75) is 19.8 Å². The normalized spacial score (nSPS) is 10.3. The van der Waals surface area contributed by atoms with E-state index in [4.69, 9.17) is 39.5 Å². The van der Waals surface area contributed by atoms with Gasteiger partial charge in [-0.3, -0.25) is 14.4 Å². The number of hydrogen-bond acceptors (Lipinski definition) is 4. The van der Waals surface area contributed by atoms with E-state index in [-0.39, 0.29) is 18.7 Å². The first-order valence-corrected chi connectivity index (χ1v) is 9.34. The zero-order chi connectivity index (χ0) is 20.7. The molecule has 0 heterocycles. The van der Waals surface area contributed by atoms with Crippen molar-refractivity contribution < 1.29 is 19.1 Å². The number of esters is 1. The van der Waals surface area contributed by atoms with Crippen LogP contribution in [0.1, 0.15) is 18.4 Å². The second-order valence-electron chi connectivity index (χ2n) is 5.85. The highest BCUT2D eigenvalue weighted by Crippen LogP contribution is 2.25. The molecule has 2 N–H and O–H groups in total. The molecule has 2 aromatic carbocycles. The van der Waals surface area contributed by atoms with Crippen molar-refractivity contribution in [2.24, 2.45) is 0 Å². The summed E-state index contributed by atoms with van der Waals surface area (Å²) >= 11 is 17.8. The Kier molecular flexibility index (Phi) is 8.11. The summed E-state index contributed by atoms with van der Waals surface area (Å²) < 4.78 is 4.85. The molecule has 2 aromatic rings. The third kappa shape index (κ3) is 7.03. The van der Waals surface area contributed by atoms with Crippen LogP contribution in [0.4, 0.5) is 11.4 Å². The molecule has 0 radical (unpaired) electrons. The topological polar surface area (TPSA) is 84.5 Å². The summed E-state index contributed by atoms with van der Waals surface area (Å²) in [5.74, 6) is -1.62. The lowest BCUT2D eigenvalue weighted by molar-refractivity contribution is -0.147. The molecule has 0 bridgehead atoms. The summed E-state index contributed by atoms with van der Waals surface area (Å²) in [7, 11) is 0. The van der Waals surface area contributed by atoms with E-state index in [0.29, 0.717) is 26.4 Å². The number of halogens is 3. The van der Waals surface area contributed by atoms with Gasteiger partial charge in [0.05, 0.1) is 17.1 Å². The van der Waals surface area contributed by atoms with E-state index in [0.717, 1.165) is 5.56 Å². The highest BCUT2D eigenvalue weighted by molar-refractivity contribution is 6.35. The first kappa shape index (κ1) is 22.0. The Labute approximate surface area is 177 Å². The second kappa shape index (κ2) is 10.3. The molecule has 0 saturated heterocycles. The minimum atomic E-state index is -0.676. The fourth-order valence-electron chi connectivity index (χ4n) is 2.11. The molecule has 0 aromatic heterocycles. The van der Waals surface area contributed by atoms with Gasteiger partial charge in [-0.05, 0) is 42.8 Å². The summed E-state index contributed by atoms with van der Waals surface area (Å²) in [6.07, 6.45) is -0.261. The van der Waals surface area contributed by atoms with Crippen molar-refractivity contribution in [3.05, 3.63) is 57.0 Å². The quantitative estimate of drug-likeness (QED) is 0.599. The van der Waals surface area contributed by atoms with Gasteiger partial charge in [-0.1, -0.05) is 40.9 Å². The van der Waals surface area contributed by atoms with Gasteiger partial charge in [0.25, 0.3) is 5.91 Å². The maximum absolute atomic E-state index is 11.9. The molecule has 0 aliphatic carbocycles. The Bertz CT molecular complexity index is 903. The minimum absolute atomic E-state index is 0.0912. The molecular formula is C19H17Cl3N2O4. The van der Waals surface area contributed by atoms with Crippen LogP contribution in [0.5, 0.6) is 0 Å². The zero-order valence-electron chi connectivity index (χ0n) is 14.9. The van der Waals surface area contributed by atoms with E-state index in [1.165, 1.54) is 12.1 Å². The largest absolute Gasteiger partial charge is 0.456 e. The number of carbonyl (C=O) groups is 3. The summed E-state index contributed by atoms with van der Waals surface area (Å²) in [4.78, 5) is 35.5. The first-order chi connectivity index (χ1) is 13.2. The summed E-state index contributed by atoms with van der Waals surface area (Å²) in [6.45, 7) is 1.34. The third-order valence-corrected chi connectivity index (χ3v) is 4.55. The second-order valence-corrected chi connectivity index (χ2v) is 7.10. The van der Waals surface area contributed by atoms with Crippen LogP contribution in [0.2, 0.25) is 15.1 Å². The smallest absolute Gasteiger partial charge is 0.306 e. The number of anilines is 2. The highest BCUT2D eigenvalue weighted by atomic mass is 35.5. The van der Waals surface area contributed by atoms with Gasteiger partial charge in [-0.2, -0.15) is 0 Å². The van der Waals surface area contributed by atoms with Crippen molar-refractivity contribution in [1.82, 2.24) is 0 Å². The maximum Gasteiger partial charge on any atom is 0.306 e. The molecule has 0 atom stereocenters. The third-order valence-electron chi connectivity index (χ3n) is 3.58. The van der Waals surface area contributed by atoms with E-state index < -0.39 is 18.5 Å². The molecule has 0 fully saturated rings. The van der Waals surface area contributed by atoms with Gasteiger partial charge in [-0.15, -0.1) is 0 Å². The van der Waals surface area contributed by atoms with E-state index in [1.807, 2.05) is 6.92 Å². The monoisotopic (exact) mass is 442 g/mol. The number of aryl methyl sites for hydroxylation is 1. The average Bonchev–Trinajstić information content (AvgIpc) is 2.64. The molecule has 148 valence electrons. The van der Waals surface area contributed by atoms with Gasteiger partial charge in [0, 0.05) is 22.2 Å². The zero-order valence-corrected chi connectivity index (χ0v) is 17.1. The van der Waals surface area contributed by atoms with Gasteiger partial charge >= 0.3 is 5.97 Å². The van der Waals surface area contributed by atoms with Crippen LogP contribution < -0.4 is 10.6 Å². The van der Waals surface area contributed by atoms with Crippen molar-refractivity contribution in [3.8, 4) is 0 Å². The number of hydrogen-bond donors (Lipinski definition) is 2. The lowest BCUT2D eigenvalue weighted by atomic mass is 10.2. The van der Waals surface area contributed by atoms with E-state index >= 15 is 0 Å². The van der Waals surface area contributed by atoms with Crippen LogP contribution in [0, 0.1) is 6.92 Å². The molecule has 0 aliphatic heterocycles. The first-order valence-electron chi connectivity index (χ1n) is 8.21. The molecule has 9 heteroatoms. The molecule has 0 spiro atoms. The number of amides is 2. The van der Waals surface area contributed by atoms with Crippen molar-refractivity contribution in [2.75, 3.05) is 17.2 Å². The molecule has 0 unspecified atom stereocenters. The predicted molar refractivity (Wildman–Crippen MR) is 110 cm³/mol. The molecule has 0 saturated carbocycles. The lowest BCUT2D eigenvalue weighted by Crippen LogP contribution is -2.22. The van der Waals surface area contributed by atoms with Crippen LogP contribution in [0.3, 0.4) is 0 Å². The van der Waals surface area contributed by atoms with Crippen molar-refractivity contribution >= 4 is 64.0 Å². The van der Waals surface area contributed by atoms with Crippen LogP contribution in [0.15, 0.2) is 36.4 Å². The molecule has 2 amide bonds. The van der Waals surface area contributed by atoms with Gasteiger partial charge in [0.2, 0.25) is 5.91 Å². The molecule has 28 heavy (non-hydrogen) atoms. The van der Waals surface area contributed by atoms with Gasteiger partial charge < -0.3 is 15.4 Å². The SMILES string of the molecule is Cc1ccc(NC(=O)CCC(=O)OCC(=O)Nc2cc(Cl)ccc2Cl)cc1Cl. The summed E-state index contributed by atoms with van der Waals surface area (Å²) in [6, 6.07) is 9.70. The van der Waals surface area contributed by atoms with Crippen LogP contribution >= 0.6 is 34.8 Å². The standard InChI is InChI=1S/C19H17Cl3N2O4/c1-11-2-4-13(9-15(11)22)23-17(25)6-7-19(27)28-10-18(26)24-16-8-12(20)3-5-14(16)21/h2-5,8-9H,6-7,10H2,1H3,(H,23,25)(H,24,26). The Morgan fingerprint density at radius 2 is 1.64 bits per heavy atom. The van der Waals surface area contributed by atoms with Crippen LogP contribution in [0.25, 0.3) is 0 Å². The van der Waals surface area contributed by atoms with Gasteiger partial charge in [0.15, 0.2) is 6.61 Å². The molecule has 6 nitrogen and oxygen atoms in total. The number of rotatable bonds is 7. The van der Waals surface area contributed by atoms with Crippen LogP contribution in [-0.4, -0.2) is 24.4 Å². The number of ether oxygens (including phenoxy) is 1. The van der Waals surface area contributed by atoms with E-state index in [9.17, 15) is 14.4 Å². The van der Waals surface area contributed by atoms with Crippen LogP contribution in [-0.2, 0) is 19.1 Å². The Balaban J connectivity index is 1.73. The number of benzene rings is 2. The lowest BCUT2D eigenvalue weighted by Gasteiger charge is -2.09. The predicted octanol–water partition coefficient (Wildman–Crippen LogP) is 4.86. The van der Waals surface area contributed by atoms with E-state index in [1.54, 1.807) is 24.3 Å². The number of carbonyl (C=O) groups excluding carboxylic acids is 3. The van der Waals surface area contributed by atoms with E-state index in [2.05, 4.69) is 10.6 Å². The average molecular weight is 444 g/mol. The Morgan fingerprint density at radius 3 is 2.36 bits per heavy atom. The molecule has 2 rings (SSSR count). The molecular weight excluding hydrogens is 427 g/mol. The van der Waals surface area contributed by atoms with Crippen molar-refractivity contribution in [1.29, 1.82) is 0 Å². The van der Waals surface area contributed by atoms with Crippen molar-refractivity contribution in [3.63, 3.8) is 0 Å². The fourth-order valence-corrected chi connectivity index (χ4v) is 2.62. The minimum Gasteiger partial charge on any atom is -0.456 e. The summed E-state index contributed by atoms with van der Waals surface area (Å²) in [5.41, 5.74) is 1.73. The Hall–Kier alpha value is -2.28. The number of nitrogens with one attached hydrogen (secondary N) is 2.